The lowest BCUT2D eigenvalue weighted by Crippen LogP contribution is -2.49. The Morgan fingerprint density at radius 2 is 2.25 bits per heavy atom. The Labute approximate surface area is 117 Å². The maximum absolute atomic E-state index is 13.6. The molecule has 0 aliphatic carbocycles. The molecule has 2 aromatic rings. The lowest BCUT2D eigenvalue weighted by Gasteiger charge is -2.30. The second-order valence-corrected chi connectivity index (χ2v) is 5.25. The Hall–Kier alpha value is -1.95. The number of hydrogen-bond donors (Lipinski definition) is 2. The van der Waals surface area contributed by atoms with E-state index in [4.69, 9.17) is 0 Å². The SMILES string of the molecule is Cc1ccc(-c2nc(N3CCNC(C)C3)n[nH]2)cc1F. The van der Waals surface area contributed by atoms with E-state index in [0.717, 1.165) is 25.2 Å². The molecule has 1 fully saturated rings. The zero-order chi connectivity index (χ0) is 14.1. The van der Waals surface area contributed by atoms with Crippen LogP contribution in [0.15, 0.2) is 18.2 Å². The smallest absolute Gasteiger partial charge is 0.245 e. The molecule has 6 heteroatoms. The van der Waals surface area contributed by atoms with Gasteiger partial charge in [0.15, 0.2) is 5.82 Å². The molecule has 1 aliphatic heterocycles. The molecule has 3 rings (SSSR count). The predicted molar refractivity (Wildman–Crippen MR) is 76.2 cm³/mol. The maximum atomic E-state index is 13.6. The molecular formula is C14H18FN5. The normalized spacial score (nSPS) is 19.4. The van der Waals surface area contributed by atoms with Crippen molar-refractivity contribution in [3.63, 3.8) is 0 Å². The lowest BCUT2D eigenvalue weighted by molar-refractivity contribution is 0.480. The predicted octanol–water partition coefficient (Wildman–Crippen LogP) is 1.72. The molecule has 0 saturated carbocycles. The van der Waals surface area contributed by atoms with E-state index in [2.05, 4.69) is 32.3 Å². The topological polar surface area (TPSA) is 56.8 Å². The van der Waals surface area contributed by atoms with Gasteiger partial charge in [-0.15, -0.1) is 5.10 Å². The average molecular weight is 275 g/mol. The third-order valence-corrected chi connectivity index (χ3v) is 3.57. The Bertz CT molecular complexity index is 609. The molecule has 0 radical (unpaired) electrons. The van der Waals surface area contributed by atoms with Crippen LogP contribution in [0.4, 0.5) is 10.3 Å². The number of H-pyrrole nitrogens is 1. The van der Waals surface area contributed by atoms with Gasteiger partial charge in [-0.2, -0.15) is 4.98 Å². The number of hydrogen-bond acceptors (Lipinski definition) is 4. The van der Waals surface area contributed by atoms with Crippen molar-refractivity contribution in [2.24, 2.45) is 0 Å². The van der Waals surface area contributed by atoms with Crippen LogP contribution >= 0.6 is 0 Å². The molecule has 1 aliphatic rings. The molecule has 1 saturated heterocycles. The third-order valence-electron chi connectivity index (χ3n) is 3.57. The van der Waals surface area contributed by atoms with Crippen LogP contribution in [0.5, 0.6) is 0 Å². The van der Waals surface area contributed by atoms with Crippen molar-refractivity contribution >= 4 is 5.95 Å². The van der Waals surface area contributed by atoms with Gasteiger partial charge in [0, 0.05) is 31.2 Å². The van der Waals surface area contributed by atoms with Crippen molar-refractivity contribution in [1.29, 1.82) is 0 Å². The quantitative estimate of drug-likeness (QED) is 0.876. The zero-order valence-corrected chi connectivity index (χ0v) is 11.7. The molecule has 0 amide bonds. The lowest BCUT2D eigenvalue weighted by atomic mass is 10.1. The van der Waals surface area contributed by atoms with Gasteiger partial charge >= 0.3 is 0 Å². The number of aromatic amines is 1. The highest BCUT2D eigenvalue weighted by Gasteiger charge is 2.19. The average Bonchev–Trinajstić information content (AvgIpc) is 2.92. The largest absolute Gasteiger partial charge is 0.337 e. The van der Waals surface area contributed by atoms with Crippen molar-refractivity contribution in [3.05, 3.63) is 29.6 Å². The number of nitrogens with one attached hydrogen (secondary N) is 2. The summed E-state index contributed by atoms with van der Waals surface area (Å²) in [5, 5.41) is 10.5. The molecule has 106 valence electrons. The Kier molecular flexibility index (Phi) is 3.40. The number of benzene rings is 1. The highest BCUT2D eigenvalue weighted by Crippen LogP contribution is 2.20. The zero-order valence-electron chi connectivity index (χ0n) is 11.7. The van der Waals surface area contributed by atoms with Crippen molar-refractivity contribution in [2.45, 2.75) is 19.9 Å². The summed E-state index contributed by atoms with van der Waals surface area (Å²) in [4.78, 5) is 6.60. The van der Waals surface area contributed by atoms with Gasteiger partial charge in [0.1, 0.15) is 5.82 Å². The van der Waals surface area contributed by atoms with E-state index in [0.29, 0.717) is 23.4 Å². The number of rotatable bonds is 2. The Balaban J connectivity index is 1.84. The molecule has 0 spiro atoms. The standard InChI is InChI=1S/C14H18FN5/c1-9-3-4-11(7-12(9)15)13-17-14(19-18-13)20-6-5-16-10(2)8-20/h3-4,7,10,16H,5-6,8H2,1-2H3,(H,17,18,19). The summed E-state index contributed by atoms with van der Waals surface area (Å²) in [6.45, 7) is 6.55. The first-order valence-electron chi connectivity index (χ1n) is 6.81. The molecule has 1 aromatic heterocycles. The summed E-state index contributed by atoms with van der Waals surface area (Å²) in [6, 6.07) is 5.51. The first kappa shape index (κ1) is 13.1. The molecule has 0 bridgehead atoms. The van der Waals surface area contributed by atoms with E-state index in [1.54, 1.807) is 13.0 Å². The van der Waals surface area contributed by atoms with Gasteiger partial charge in [-0.25, -0.2) is 4.39 Å². The van der Waals surface area contributed by atoms with Gasteiger partial charge in [0.2, 0.25) is 5.95 Å². The van der Waals surface area contributed by atoms with Gasteiger partial charge in [-0.05, 0) is 25.5 Å². The minimum Gasteiger partial charge on any atom is -0.337 e. The Morgan fingerprint density at radius 1 is 1.40 bits per heavy atom. The first-order chi connectivity index (χ1) is 9.63. The fourth-order valence-electron chi connectivity index (χ4n) is 2.38. The van der Waals surface area contributed by atoms with Gasteiger partial charge in [-0.1, -0.05) is 12.1 Å². The van der Waals surface area contributed by atoms with Gasteiger partial charge in [0.25, 0.3) is 0 Å². The van der Waals surface area contributed by atoms with E-state index in [1.165, 1.54) is 6.07 Å². The molecule has 2 N–H and O–H groups in total. The Morgan fingerprint density at radius 3 is 3.00 bits per heavy atom. The third kappa shape index (κ3) is 2.51. The molecule has 1 atom stereocenters. The summed E-state index contributed by atoms with van der Waals surface area (Å²) in [7, 11) is 0. The highest BCUT2D eigenvalue weighted by atomic mass is 19.1. The highest BCUT2D eigenvalue weighted by molar-refractivity contribution is 5.57. The van der Waals surface area contributed by atoms with Crippen LogP contribution < -0.4 is 10.2 Å². The maximum Gasteiger partial charge on any atom is 0.245 e. The molecule has 20 heavy (non-hydrogen) atoms. The van der Waals surface area contributed by atoms with Crippen LogP contribution in [0, 0.1) is 12.7 Å². The number of nitrogens with zero attached hydrogens (tertiary/aromatic N) is 3. The van der Waals surface area contributed by atoms with Gasteiger partial charge in [-0.3, -0.25) is 5.10 Å². The van der Waals surface area contributed by atoms with E-state index in [9.17, 15) is 4.39 Å². The molecule has 1 aromatic carbocycles. The summed E-state index contributed by atoms with van der Waals surface area (Å²) in [5.41, 5.74) is 1.35. The second-order valence-electron chi connectivity index (χ2n) is 5.25. The number of halogens is 1. The van der Waals surface area contributed by atoms with E-state index in [-0.39, 0.29) is 5.82 Å². The van der Waals surface area contributed by atoms with Crippen LogP contribution in [0.3, 0.4) is 0 Å². The number of aryl methyl sites for hydroxylation is 1. The minimum atomic E-state index is -0.226. The van der Waals surface area contributed by atoms with Crippen LogP contribution in [-0.4, -0.2) is 40.9 Å². The molecular weight excluding hydrogens is 257 g/mol. The summed E-state index contributed by atoms with van der Waals surface area (Å²) >= 11 is 0. The first-order valence-corrected chi connectivity index (χ1v) is 6.81. The summed E-state index contributed by atoms with van der Waals surface area (Å²) in [5.74, 6) is 1.05. The van der Waals surface area contributed by atoms with Gasteiger partial charge in [0.05, 0.1) is 0 Å². The summed E-state index contributed by atoms with van der Waals surface area (Å²) < 4.78 is 13.6. The fraction of sp³-hybridized carbons (Fsp3) is 0.429. The minimum absolute atomic E-state index is 0.226. The monoisotopic (exact) mass is 275 g/mol. The van der Waals surface area contributed by atoms with Crippen molar-refractivity contribution < 1.29 is 4.39 Å². The van der Waals surface area contributed by atoms with E-state index >= 15 is 0 Å². The second kappa shape index (κ2) is 5.20. The van der Waals surface area contributed by atoms with Crippen molar-refractivity contribution in [2.75, 3.05) is 24.5 Å². The van der Waals surface area contributed by atoms with Crippen molar-refractivity contribution in [1.82, 2.24) is 20.5 Å². The van der Waals surface area contributed by atoms with E-state index in [1.807, 2.05) is 6.07 Å². The number of aromatic nitrogens is 3. The molecule has 2 heterocycles. The van der Waals surface area contributed by atoms with Crippen molar-refractivity contribution in [3.8, 4) is 11.4 Å². The summed E-state index contributed by atoms with van der Waals surface area (Å²) in [6.07, 6.45) is 0. The van der Waals surface area contributed by atoms with E-state index < -0.39 is 0 Å². The van der Waals surface area contributed by atoms with Crippen LogP contribution in [0.2, 0.25) is 0 Å². The van der Waals surface area contributed by atoms with Crippen LogP contribution in [0.25, 0.3) is 11.4 Å². The molecule has 1 unspecified atom stereocenters. The number of piperazine rings is 1. The number of anilines is 1. The van der Waals surface area contributed by atoms with Crippen LogP contribution in [0.1, 0.15) is 12.5 Å². The van der Waals surface area contributed by atoms with Crippen LogP contribution in [-0.2, 0) is 0 Å². The molecule has 5 nitrogen and oxygen atoms in total. The fourth-order valence-corrected chi connectivity index (χ4v) is 2.38. The van der Waals surface area contributed by atoms with Gasteiger partial charge < -0.3 is 10.2 Å².